The number of ether oxygens (including phenoxy) is 1. The Kier molecular flexibility index (Phi) is 4.69. The highest BCUT2D eigenvalue weighted by molar-refractivity contribution is 7.22. The number of nitro groups is 2. The summed E-state index contributed by atoms with van der Waals surface area (Å²) in [6, 6.07) is 7.13. The van der Waals surface area contributed by atoms with E-state index in [1.807, 2.05) is 0 Å². The van der Waals surface area contributed by atoms with Crippen LogP contribution in [0.3, 0.4) is 0 Å². The van der Waals surface area contributed by atoms with Crippen molar-refractivity contribution in [2.24, 2.45) is 0 Å². The van der Waals surface area contributed by atoms with Crippen molar-refractivity contribution in [2.45, 2.75) is 6.92 Å². The molecule has 11 heteroatoms. The number of nitro benzene ring substituents is 2. The SMILES string of the molecule is COc1cccc2sc(NC(=O)c3cc([N+](=O)[O-])cc([N+](=O)[O-])c3C)nc12. The number of hydrogen-bond donors (Lipinski definition) is 1. The summed E-state index contributed by atoms with van der Waals surface area (Å²) in [6.45, 7) is 1.36. The number of aromatic nitrogens is 1. The first kappa shape index (κ1) is 18.2. The highest BCUT2D eigenvalue weighted by Gasteiger charge is 2.25. The molecule has 0 saturated heterocycles. The Morgan fingerprint density at radius 3 is 2.59 bits per heavy atom. The summed E-state index contributed by atoms with van der Waals surface area (Å²) in [5, 5.41) is 25.0. The predicted molar refractivity (Wildman–Crippen MR) is 98.6 cm³/mol. The summed E-state index contributed by atoms with van der Waals surface area (Å²) >= 11 is 1.19. The molecular formula is C16H12N4O6S. The second kappa shape index (κ2) is 6.96. The molecule has 0 radical (unpaired) electrons. The largest absolute Gasteiger partial charge is 0.494 e. The van der Waals surface area contributed by atoms with Gasteiger partial charge in [-0.05, 0) is 19.1 Å². The average molecular weight is 388 g/mol. The van der Waals surface area contributed by atoms with E-state index in [4.69, 9.17) is 4.74 Å². The molecule has 0 unspecified atom stereocenters. The molecule has 1 N–H and O–H groups in total. The number of anilines is 1. The maximum absolute atomic E-state index is 12.6. The van der Waals surface area contributed by atoms with Gasteiger partial charge in [-0.1, -0.05) is 17.4 Å². The molecule has 0 aliphatic heterocycles. The summed E-state index contributed by atoms with van der Waals surface area (Å²) < 4.78 is 5.99. The molecule has 10 nitrogen and oxygen atoms in total. The summed E-state index contributed by atoms with van der Waals surface area (Å²) in [5.41, 5.74) is -0.616. The van der Waals surface area contributed by atoms with Crippen LogP contribution in [-0.2, 0) is 0 Å². The molecule has 2 aromatic carbocycles. The van der Waals surface area contributed by atoms with Crippen LogP contribution in [0.5, 0.6) is 5.75 Å². The van der Waals surface area contributed by atoms with E-state index in [0.29, 0.717) is 11.3 Å². The number of para-hydroxylation sites is 1. The first-order chi connectivity index (χ1) is 12.8. The summed E-state index contributed by atoms with van der Waals surface area (Å²) in [4.78, 5) is 37.5. The lowest BCUT2D eigenvalue weighted by molar-refractivity contribution is -0.394. The van der Waals surface area contributed by atoms with Gasteiger partial charge >= 0.3 is 0 Å². The minimum Gasteiger partial charge on any atom is -0.494 e. The zero-order valence-corrected chi connectivity index (χ0v) is 14.9. The number of benzene rings is 2. The van der Waals surface area contributed by atoms with Gasteiger partial charge in [0, 0.05) is 11.6 Å². The van der Waals surface area contributed by atoms with Gasteiger partial charge in [0.15, 0.2) is 5.13 Å². The number of carbonyl (C=O) groups is 1. The summed E-state index contributed by atoms with van der Waals surface area (Å²) in [6.07, 6.45) is 0. The second-order valence-corrected chi connectivity index (χ2v) is 6.46. The monoisotopic (exact) mass is 388 g/mol. The minimum atomic E-state index is -0.786. The molecule has 1 amide bonds. The molecule has 3 aromatic rings. The van der Waals surface area contributed by atoms with Crippen molar-refractivity contribution in [3.8, 4) is 5.75 Å². The maximum Gasteiger partial charge on any atom is 0.279 e. The van der Waals surface area contributed by atoms with Gasteiger partial charge in [-0.15, -0.1) is 0 Å². The van der Waals surface area contributed by atoms with Crippen LogP contribution in [0, 0.1) is 27.2 Å². The number of amides is 1. The van der Waals surface area contributed by atoms with E-state index in [1.165, 1.54) is 25.4 Å². The molecule has 1 heterocycles. The van der Waals surface area contributed by atoms with Gasteiger partial charge in [0.2, 0.25) is 0 Å². The maximum atomic E-state index is 12.6. The molecule has 0 aliphatic carbocycles. The van der Waals surface area contributed by atoms with E-state index in [0.717, 1.165) is 16.8 Å². The van der Waals surface area contributed by atoms with Crippen LogP contribution >= 0.6 is 11.3 Å². The lowest BCUT2D eigenvalue weighted by atomic mass is 10.0. The van der Waals surface area contributed by atoms with Gasteiger partial charge in [-0.2, -0.15) is 0 Å². The van der Waals surface area contributed by atoms with Gasteiger partial charge in [-0.3, -0.25) is 30.3 Å². The minimum absolute atomic E-state index is 0.0294. The number of non-ortho nitro benzene ring substituents is 1. The first-order valence-corrected chi connectivity index (χ1v) is 8.31. The van der Waals surface area contributed by atoms with E-state index in [-0.39, 0.29) is 16.3 Å². The normalized spacial score (nSPS) is 10.6. The first-order valence-electron chi connectivity index (χ1n) is 7.50. The van der Waals surface area contributed by atoms with Crippen molar-refractivity contribution in [3.63, 3.8) is 0 Å². The van der Waals surface area contributed by atoms with E-state index < -0.39 is 27.1 Å². The van der Waals surface area contributed by atoms with Crippen molar-refractivity contribution >= 4 is 44.0 Å². The lowest BCUT2D eigenvalue weighted by Crippen LogP contribution is -2.14. The topological polar surface area (TPSA) is 138 Å². The quantitative estimate of drug-likeness (QED) is 0.519. The number of thiazole rings is 1. The second-order valence-electron chi connectivity index (χ2n) is 5.43. The Bertz CT molecular complexity index is 1090. The fraction of sp³-hybridized carbons (Fsp3) is 0.125. The van der Waals surface area contributed by atoms with Gasteiger partial charge in [0.25, 0.3) is 17.3 Å². The fourth-order valence-electron chi connectivity index (χ4n) is 2.52. The Labute approximate surface area is 155 Å². The van der Waals surface area contributed by atoms with E-state index in [1.54, 1.807) is 18.2 Å². The average Bonchev–Trinajstić information content (AvgIpc) is 3.03. The Morgan fingerprint density at radius 1 is 1.22 bits per heavy atom. The Morgan fingerprint density at radius 2 is 1.96 bits per heavy atom. The highest BCUT2D eigenvalue weighted by Crippen LogP contribution is 2.33. The number of nitrogens with one attached hydrogen (secondary N) is 1. The van der Waals surface area contributed by atoms with Crippen LogP contribution in [0.4, 0.5) is 16.5 Å². The molecule has 0 bridgehead atoms. The standard InChI is InChI=1S/C16H12N4O6S/c1-8-10(6-9(19(22)23)7-11(8)20(24)25)15(21)18-16-17-14-12(26-2)4-3-5-13(14)27-16/h3-7H,1-2H3,(H,17,18,21). The molecule has 0 saturated carbocycles. The zero-order valence-electron chi connectivity index (χ0n) is 14.1. The molecule has 3 rings (SSSR count). The summed E-state index contributed by atoms with van der Waals surface area (Å²) in [5.74, 6) is -0.191. The van der Waals surface area contributed by atoms with Crippen LogP contribution in [0.2, 0.25) is 0 Å². The van der Waals surface area contributed by atoms with Crippen molar-refractivity contribution in [1.82, 2.24) is 4.98 Å². The van der Waals surface area contributed by atoms with Crippen LogP contribution in [-0.4, -0.2) is 27.8 Å². The highest BCUT2D eigenvalue weighted by atomic mass is 32.1. The number of methoxy groups -OCH3 is 1. The molecule has 0 atom stereocenters. The zero-order chi connectivity index (χ0) is 19.7. The van der Waals surface area contributed by atoms with E-state index in [9.17, 15) is 25.0 Å². The van der Waals surface area contributed by atoms with Crippen LogP contribution < -0.4 is 10.1 Å². The van der Waals surface area contributed by atoms with Crippen LogP contribution in [0.15, 0.2) is 30.3 Å². The number of hydrogen-bond acceptors (Lipinski definition) is 8. The molecule has 0 fully saturated rings. The van der Waals surface area contributed by atoms with Crippen LogP contribution in [0.25, 0.3) is 10.2 Å². The third kappa shape index (κ3) is 3.40. The third-order valence-corrected chi connectivity index (χ3v) is 4.78. The van der Waals surface area contributed by atoms with Crippen molar-refractivity contribution < 1.29 is 19.4 Å². The van der Waals surface area contributed by atoms with E-state index in [2.05, 4.69) is 10.3 Å². The van der Waals surface area contributed by atoms with Gasteiger partial charge in [0.05, 0.1) is 33.3 Å². The van der Waals surface area contributed by atoms with Gasteiger partial charge in [-0.25, -0.2) is 4.98 Å². The number of rotatable bonds is 5. The Balaban J connectivity index is 2.01. The van der Waals surface area contributed by atoms with Gasteiger partial charge < -0.3 is 4.74 Å². The summed E-state index contributed by atoms with van der Waals surface area (Å²) in [7, 11) is 1.50. The molecule has 27 heavy (non-hydrogen) atoms. The third-order valence-electron chi connectivity index (χ3n) is 3.84. The van der Waals surface area contributed by atoms with Crippen molar-refractivity contribution in [1.29, 1.82) is 0 Å². The van der Waals surface area contributed by atoms with E-state index >= 15 is 0 Å². The number of carbonyl (C=O) groups excluding carboxylic acids is 1. The van der Waals surface area contributed by atoms with Crippen LogP contribution in [0.1, 0.15) is 15.9 Å². The van der Waals surface area contributed by atoms with Gasteiger partial charge in [0.1, 0.15) is 11.3 Å². The number of fused-ring (bicyclic) bond motifs is 1. The fourth-order valence-corrected chi connectivity index (χ4v) is 3.40. The van der Waals surface area contributed by atoms with Crippen molar-refractivity contribution in [2.75, 3.05) is 12.4 Å². The smallest absolute Gasteiger partial charge is 0.279 e. The number of nitrogens with zero attached hydrogens (tertiary/aromatic N) is 3. The Hall–Kier alpha value is -3.60. The molecule has 1 aromatic heterocycles. The molecular weight excluding hydrogens is 376 g/mol. The van der Waals surface area contributed by atoms with Crippen molar-refractivity contribution in [3.05, 3.63) is 61.7 Å². The molecule has 0 spiro atoms. The molecule has 138 valence electrons. The lowest BCUT2D eigenvalue weighted by Gasteiger charge is -2.06. The predicted octanol–water partition coefficient (Wildman–Crippen LogP) is 3.68. The molecule has 0 aliphatic rings.